The summed E-state index contributed by atoms with van der Waals surface area (Å²) in [6.45, 7) is 0.816. The average Bonchev–Trinajstić information content (AvgIpc) is 3.20. The molecule has 1 aromatic carbocycles. The summed E-state index contributed by atoms with van der Waals surface area (Å²) < 4.78 is 18.5. The molecule has 1 aliphatic heterocycles. The molecular formula is C15H16FNO3. The number of carbonyl (C=O) groups is 2. The van der Waals surface area contributed by atoms with Gasteiger partial charge in [-0.1, -0.05) is 12.1 Å². The van der Waals surface area contributed by atoms with E-state index in [1.165, 1.54) is 18.2 Å². The monoisotopic (exact) mass is 277 g/mol. The van der Waals surface area contributed by atoms with Gasteiger partial charge in [0, 0.05) is 24.9 Å². The fourth-order valence-corrected chi connectivity index (χ4v) is 2.56. The fraction of sp³-hybridized carbons (Fsp3) is 0.467. The molecule has 0 unspecified atom stereocenters. The largest absolute Gasteiger partial charge is 0.462 e. The van der Waals surface area contributed by atoms with Gasteiger partial charge in [0.15, 0.2) is 0 Å². The summed E-state index contributed by atoms with van der Waals surface area (Å²) in [5.74, 6) is -1.08. The number of esters is 1. The minimum atomic E-state index is -0.666. The number of hydrogen-bond donors (Lipinski definition) is 0. The second kappa shape index (κ2) is 5.23. The lowest BCUT2D eigenvalue weighted by atomic mass is 10.1. The summed E-state index contributed by atoms with van der Waals surface area (Å²) in [5.41, 5.74) is -0.0594. The first kappa shape index (κ1) is 13.1. The lowest BCUT2D eigenvalue weighted by Gasteiger charge is -2.15. The zero-order valence-corrected chi connectivity index (χ0v) is 11.0. The molecule has 1 saturated heterocycles. The molecule has 1 aliphatic carbocycles. The molecule has 20 heavy (non-hydrogen) atoms. The average molecular weight is 277 g/mol. The maximum atomic E-state index is 13.4. The first-order valence-corrected chi connectivity index (χ1v) is 6.86. The zero-order chi connectivity index (χ0) is 14.1. The van der Waals surface area contributed by atoms with Gasteiger partial charge in [0.25, 0.3) is 0 Å². The first-order chi connectivity index (χ1) is 9.65. The topological polar surface area (TPSA) is 46.6 Å². The third-order valence-electron chi connectivity index (χ3n) is 3.77. The standard InChI is InChI=1S/C15H16FNO3/c16-13-4-2-1-3-12(13)15(19)20-9-10-7-14(18)17(8-10)11-5-6-11/h1-4,10-11H,5-9H2/t10-/m1/s1. The van der Waals surface area contributed by atoms with Crippen LogP contribution in [0.3, 0.4) is 0 Å². The maximum absolute atomic E-state index is 13.4. The first-order valence-electron chi connectivity index (χ1n) is 6.86. The van der Waals surface area contributed by atoms with E-state index in [2.05, 4.69) is 0 Å². The van der Waals surface area contributed by atoms with Crippen molar-refractivity contribution in [1.82, 2.24) is 4.90 Å². The van der Waals surface area contributed by atoms with Gasteiger partial charge < -0.3 is 9.64 Å². The summed E-state index contributed by atoms with van der Waals surface area (Å²) in [5, 5.41) is 0. The van der Waals surface area contributed by atoms with E-state index in [-0.39, 0.29) is 24.0 Å². The molecule has 0 N–H and O–H groups in total. The van der Waals surface area contributed by atoms with Crippen molar-refractivity contribution in [2.45, 2.75) is 25.3 Å². The number of hydrogen-bond acceptors (Lipinski definition) is 3. The Morgan fingerprint density at radius 3 is 2.80 bits per heavy atom. The highest BCUT2D eigenvalue weighted by molar-refractivity contribution is 5.89. The molecule has 0 spiro atoms. The highest BCUT2D eigenvalue weighted by atomic mass is 19.1. The predicted octanol–water partition coefficient (Wildman–Crippen LogP) is 1.99. The Balaban J connectivity index is 1.54. The van der Waals surface area contributed by atoms with Gasteiger partial charge in [0.1, 0.15) is 5.82 Å². The molecule has 106 valence electrons. The quantitative estimate of drug-likeness (QED) is 0.791. The summed E-state index contributed by atoms with van der Waals surface area (Å²) in [6, 6.07) is 6.14. The van der Waals surface area contributed by atoms with Gasteiger partial charge in [0.05, 0.1) is 12.2 Å². The number of rotatable bonds is 4. The zero-order valence-electron chi connectivity index (χ0n) is 11.0. The summed E-state index contributed by atoms with van der Waals surface area (Å²) >= 11 is 0. The van der Waals surface area contributed by atoms with Crippen molar-refractivity contribution < 1.29 is 18.7 Å². The van der Waals surface area contributed by atoms with E-state index in [0.717, 1.165) is 12.8 Å². The van der Waals surface area contributed by atoms with Crippen molar-refractivity contribution in [3.63, 3.8) is 0 Å². The van der Waals surface area contributed by atoms with Gasteiger partial charge in [-0.25, -0.2) is 9.18 Å². The molecule has 4 nitrogen and oxygen atoms in total. The van der Waals surface area contributed by atoms with Crippen LogP contribution in [0.15, 0.2) is 24.3 Å². The molecule has 1 heterocycles. The van der Waals surface area contributed by atoms with Gasteiger partial charge in [-0.15, -0.1) is 0 Å². The van der Waals surface area contributed by atoms with Crippen LogP contribution in [-0.2, 0) is 9.53 Å². The Morgan fingerprint density at radius 1 is 1.35 bits per heavy atom. The lowest BCUT2D eigenvalue weighted by molar-refractivity contribution is -0.128. The number of benzene rings is 1. The van der Waals surface area contributed by atoms with E-state index in [0.29, 0.717) is 19.0 Å². The molecule has 2 fully saturated rings. The SMILES string of the molecule is O=C(OC[C@@H]1CC(=O)N(C2CC2)C1)c1ccccc1F. The van der Waals surface area contributed by atoms with Crippen molar-refractivity contribution in [1.29, 1.82) is 0 Å². The molecule has 0 radical (unpaired) electrons. The van der Waals surface area contributed by atoms with Crippen LogP contribution >= 0.6 is 0 Å². The number of carbonyl (C=O) groups excluding carboxylic acids is 2. The molecule has 0 bridgehead atoms. The van der Waals surface area contributed by atoms with Crippen molar-refractivity contribution >= 4 is 11.9 Å². The molecule has 1 saturated carbocycles. The molecule has 2 aliphatic rings. The second-order valence-electron chi connectivity index (χ2n) is 5.43. The normalized spacial score (nSPS) is 22.1. The molecule has 5 heteroatoms. The van der Waals surface area contributed by atoms with Crippen molar-refractivity contribution in [3.8, 4) is 0 Å². The van der Waals surface area contributed by atoms with E-state index in [1.807, 2.05) is 4.90 Å². The number of halogens is 1. The van der Waals surface area contributed by atoms with Gasteiger partial charge in [0.2, 0.25) is 5.91 Å². The Labute approximate surface area is 116 Å². The van der Waals surface area contributed by atoms with Crippen LogP contribution < -0.4 is 0 Å². The van der Waals surface area contributed by atoms with Crippen LogP contribution in [0.4, 0.5) is 4.39 Å². The van der Waals surface area contributed by atoms with E-state index >= 15 is 0 Å². The van der Waals surface area contributed by atoms with E-state index < -0.39 is 11.8 Å². The molecule has 1 atom stereocenters. The molecule has 0 aromatic heterocycles. The minimum Gasteiger partial charge on any atom is -0.462 e. The smallest absolute Gasteiger partial charge is 0.341 e. The third kappa shape index (κ3) is 2.66. The van der Waals surface area contributed by atoms with E-state index in [1.54, 1.807) is 6.07 Å². The highest BCUT2D eigenvalue weighted by Crippen LogP contribution is 2.32. The Hall–Kier alpha value is -1.91. The van der Waals surface area contributed by atoms with Crippen molar-refractivity contribution in [3.05, 3.63) is 35.6 Å². The molecular weight excluding hydrogens is 261 g/mol. The van der Waals surface area contributed by atoms with E-state index in [9.17, 15) is 14.0 Å². The predicted molar refractivity (Wildman–Crippen MR) is 69.5 cm³/mol. The van der Waals surface area contributed by atoms with Crippen LogP contribution in [0.2, 0.25) is 0 Å². The highest BCUT2D eigenvalue weighted by Gasteiger charge is 2.39. The summed E-state index contributed by atoms with van der Waals surface area (Å²) in [7, 11) is 0. The number of amides is 1. The maximum Gasteiger partial charge on any atom is 0.341 e. The number of likely N-dealkylation sites (tertiary alicyclic amines) is 1. The Morgan fingerprint density at radius 2 is 2.10 bits per heavy atom. The fourth-order valence-electron chi connectivity index (χ4n) is 2.56. The van der Waals surface area contributed by atoms with Crippen LogP contribution in [-0.4, -0.2) is 36.0 Å². The van der Waals surface area contributed by atoms with Crippen molar-refractivity contribution in [2.75, 3.05) is 13.2 Å². The van der Waals surface area contributed by atoms with Crippen LogP contribution in [0.25, 0.3) is 0 Å². The Kier molecular flexibility index (Phi) is 3.42. The van der Waals surface area contributed by atoms with Gasteiger partial charge >= 0.3 is 5.97 Å². The van der Waals surface area contributed by atoms with Crippen LogP contribution in [0, 0.1) is 11.7 Å². The summed E-state index contributed by atoms with van der Waals surface area (Å²) in [4.78, 5) is 25.4. The number of ether oxygens (including phenoxy) is 1. The number of nitrogens with zero attached hydrogens (tertiary/aromatic N) is 1. The second-order valence-corrected chi connectivity index (χ2v) is 5.43. The Bertz CT molecular complexity index is 542. The molecule has 1 amide bonds. The molecule has 3 rings (SSSR count). The third-order valence-corrected chi connectivity index (χ3v) is 3.77. The lowest BCUT2D eigenvalue weighted by Crippen LogP contribution is -2.28. The van der Waals surface area contributed by atoms with Gasteiger partial charge in [-0.2, -0.15) is 0 Å². The van der Waals surface area contributed by atoms with Crippen LogP contribution in [0.5, 0.6) is 0 Å². The summed E-state index contributed by atoms with van der Waals surface area (Å²) in [6.07, 6.45) is 2.57. The van der Waals surface area contributed by atoms with Crippen molar-refractivity contribution in [2.24, 2.45) is 5.92 Å². The minimum absolute atomic E-state index is 0.0267. The molecule has 1 aromatic rings. The van der Waals surface area contributed by atoms with Crippen LogP contribution in [0.1, 0.15) is 29.6 Å². The van der Waals surface area contributed by atoms with E-state index in [4.69, 9.17) is 4.74 Å². The van der Waals surface area contributed by atoms with Gasteiger partial charge in [-0.05, 0) is 25.0 Å². The van der Waals surface area contributed by atoms with Gasteiger partial charge in [-0.3, -0.25) is 4.79 Å².